The number of nitrogens with two attached hydrogens (primary N) is 1. The largest absolute Gasteiger partial charge is 0.330 e. The van der Waals surface area contributed by atoms with E-state index >= 15 is 0 Å². The molecule has 0 spiro atoms. The van der Waals surface area contributed by atoms with Gasteiger partial charge in [0.2, 0.25) is 11.8 Å². The van der Waals surface area contributed by atoms with Crippen molar-refractivity contribution in [2.45, 2.75) is 26.2 Å². The Morgan fingerprint density at radius 3 is 1.96 bits per heavy atom. The van der Waals surface area contributed by atoms with Gasteiger partial charge in [0.25, 0.3) is 0 Å². The van der Waals surface area contributed by atoms with Gasteiger partial charge in [-0.1, -0.05) is 42.0 Å². The minimum Gasteiger partial charge on any atom is -0.330 e. The van der Waals surface area contributed by atoms with Gasteiger partial charge >= 0.3 is 0 Å². The van der Waals surface area contributed by atoms with Gasteiger partial charge in [-0.05, 0) is 31.0 Å². The van der Waals surface area contributed by atoms with Crippen LogP contribution in [0, 0.1) is 6.92 Å². The summed E-state index contributed by atoms with van der Waals surface area (Å²) in [6.07, 6.45) is 1.30. The van der Waals surface area contributed by atoms with Crippen molar-refractivity contribution in [3.63, 3.8) is 0 Å². The number of benzene rings is 2. The Labute approximate surface area is 142 Å². The van der Waals surface area contributed by atoms with E-state index in [0.29, 0.717) is 24.2 Å². The van der Waals surface area contributed by atoms with Crippen LogP contribution in [0.5, 0.6) is 0 Å². The van der Waals surface area contributed by atoms with E-state index in [1.807, 2.05) is 37.3 Å². The van der Waals surface area contributed by atoms with Crippen LogP contribution < -0.4 is 16.4 Å². The fourth-order valence-electron chi connectivity index (χ4n) is 2.27. The summed E-state index contributed by atoms with van der Waals surface area (Å²) in [5, 5.41) is 5.62. The second-order valence-electron chi connectivity index (χ2n) is 5.67. The van der Waals surface area contributed by atoms with Gasteiger partial charge in [0.1, 0.15) is 0 Å². The molecule has 0 fully saturated rings. The van der Waals surface area contributed by atoms with Gasteiger partial charge in [0, 0.05) is 19.4 Å². The summed E-state index contributed by atoms with van der Waals surface area (Å²) in [6, 6.07) is 15.3. The molecule has 0 aliphatic rings. The lowest BCUT2D eigenvalue weighted by Gasteiger charge is -2.12. The van der Waals surface area contributed by atoms with E-state index in [-0.39, 0.29) is 24.8 Å². The van der Waals surface area contributed by atoms with Crippen LogP contribution in [0.25, 0.3) is 0 Å². The number of para-hydroxylation sites is 2. The molecule has 0 heterocycles. The highest BCUT2D eigenvalue weighted by Gasteiger charge is 2.09. The Hall–Kier alpha value is -2.66. The normalized spacial score (nSPS) is 10.2. The molecule has 0 unspecified atom stereocenters. The summed E-state index contributed by atoms with van der Waals surface area (Å²) in [5.41, 5.74) is 8.88. The van der Waals surface area contributed by atoms with E-state index in [1.54, 1.807) is 18.2 Å². The second-order valence-corrected chi connectivity index (χ2v) is 5.67. The fraction of sp³-hybridized carbons (Fsp3) is 0.263. The molecule has 4 N–H and O–H groups in total. The number of carbonyl (C=O) groups excluding carboxylic acids is 2. The summed E-state index contributed by atoms with van der Waals surface area (Å²) in [6.45, 7) is 2.32. The van der Waals surface area contributed by atoms with Crippen LogP contribution in [0.3, 0.4) is 0 Å². The third-order valence-electron chi connectivity index (χ3n) is 3.61. The zero-order chi connectivity index (χ0) is 17.4. The zero-order valence-electron chi connectivity index (χ0n) is 13.8. The fourth-order valence-corrected chi connectivity index (χ4v) is 2.27. The molecule has 0 bridgehead atoms. The van der Waals surface area contributed by atoms with Crippen LogP contribution in [-0.2, 0) is 16.0 Å². The number of amides is 2. The van der Waals surface area contributed by atoms with Crippen LogP contribution >= 0.6 is 0 Å². The Morgan fingerprint density at radius 1 is 0.875 bits per heavy atom. The highest BCUT2D eigenvalue weighted by molar-refractivity contribution is 5.99. The summed E-state index contributed by atoms with van der Waals surface area (Å²) < 4.78 is 0. The Morgan fingerprint density at radius 2 is 1.42 bits per heavy atom. The van der Waals surface area contributed by atoms with Crippen molar-refractivity contribution in [2.24, 2.45) is 5.73 Å². The minimum atomic E-state index is -0.168. The van der Waals surface area contributed by atoms with Crippen molar-refractivity contribution in [2.75, 3.05) is 17.2 Å². The number of hydrogen-bond acceptors (Lipinski definition) is 3. The molecule has 0 saturated carbocycles. The number of aryl methyl sites for hydroxylation is 2. The standard InChI is InChI=1S/C19H23N3O2/c1-14-6-8-15(9-7-14)10-11-18(23)21-16-4-2-3-5-17(16)22-19(24)12-13-20/h2-9H,10-13,20H2,1H3,(H,21,23)(H,22,24). The molecule has 126 valence electrons. The minimum absolute atomic E-state index is 0.0869. The smallest absolute Gasteiger partial charge is 0.225 e. The van der Waals surface area contributed by atoms with Crippen molar-refractivity contribution in [1.29, 1.82) is 0 Å². The Bertz CT molecular complexity index is 696. The maximum Gasteiger partial charge on any atom is 0.225 e. The Kier molecular flexibility index (Phi) is 6.51. The summed E-state index contributed by atoms with van der Waals surface area (Å²) in [5.74, 6) is -0.255. The maximum absolute atomic E-state index is 12.2. The van der Waals surface area contributed by atoms with Crippen LogP contribution in [0.1, 0.15) is 24.0 Å². The molecule has 0 aliphatic heterocycles. The molecule has 0 saturated heterocycles. The molecule has 0 atom stereocenters. The monoisotopic (exact) mass is 325 g/mol. The molecule has 0 aliphatic carbocycles. The number of carbonyl (C=O) groups is 2. The van der Waals surface area contributed by atoms with E-state index < -0.39 is 0 Å². The van der Waals surface area contributed by atoms with Crippen molar-refractivity contribution in [3.05, 3.63) is 59.7 Å². The van der Waals surface area contributed by atoms with Gasteiger partial charge in [-0.25, -0.2) is 0 Å². The second kappa shape index (κ2) is 8.84. The SMILES string of the molecule is Cc1ccc(CCC(=O)Nc2ccccc2NC(=O)CCN)cc1. The summed E-state index contributed by atoms with van der Waals surface area (Å²) in [4.78, 5) is 23.9. The lowest BCUT2D eigenvalue weighted by Crippen LogP contribution is -2.18. The molecular weight excluding hydrogens is 302 g/mol. The first-order valence-corrected chi connectivity index (χ1v) is 8.03. The molecule has 2 aromatic rings. The quantitative estimate of drug-likeness (QED) is 0.732. The molecule has 2 aromatic carbocycles. The summed E-state index contributed by atoms with van der Waals surface area (Å²) in [7, 11) is 0. The predicted octanol–water partition coefficient (Wildman–Crippen LogP) is 2.85. The van der Waals surface area contributed by atoms with Crippen molar-refractivity contribution < 1.29 is 9.59 Å². The van der Waals surface area contributed by atoms with Crippen LogP contribution in [0.4, 0.5) is 11.4 Å². The van der Waals surface area contributed by atoms with Crippen molar-refractivity contribution in [3.8, 4) is 0 Å². The number of nitrogens with one attached hydrogen (secondary N) is 2. The Balaban J connectivity index is 1.93. The van der Waals surface area contributed by atoms with Gasteiger partial charge in [-0.2, -0.15) is 0 Å². The molecule has 5 heteroatoms. The van der Waals surface area contributed by atoms with Crippen molar-refractivity contribution >= 4 is 23.2 Å². The molecule has 2 amide bonds. The van der Waals surface area contributed by atoms with E-state index in [2.05, 4.69) is 10.6 Å². The predicted molar refractivity (Wildman–Crippen MR) is 96.9 cm³/mol. The van der Waals surface area contributed by atoms with Gasteiger partial charge in [0.15, 0.2) is 0 Å². The lowest BCUT2D eigenvalue weighted by atomic mass is 10.1. The van der Waals surface area contributed by atoms with Gasteiger partial charge in [-0.15, -0.1) is 0 Å². The average Bonchev–Trinajstić information content (AvgIpc) is 2.56. The van der Waals surface area contributed by atoms with Gasteiger partial charge in [-0.3, -0.25) is 9.59 Å². The highest BCUT2D eigenvalue weighted by atomic mass is 16.2. The highest BCUT2D eigenvalue weighted by Crippen LogP contribution is 2.21. The first-order valence-electron chi connectivity index (χ1n) is 8.03. The van der Waals surface area contributed by atoms with E-state index in [4.69, 9.17) is 5.73 Å². The third-order valence-corrected chi connectivity index (χ3v) is 3.61. The molecule has 0 radical (unpaired) electrons. The third kappa shape index (κ3) is 5.52. The van der Waals surface area contributed by atoms with Crippen LogP contribution in [0.15, 0.2) is 48.5 Å². The number of anilines is 2. The first kappa shape index (κ1) is 17.7. The maximum atomic E-state index is 12.2. The van der Waals surface area contributed by atoms with E-state index in [1.165, 1.54) is 5.56 Å². The van der Waals surface area contributed by atoms with E-state index in [9.17, 15) is 9.59 Å². The van der Waals surface area contributed by atoms with Crippen LogP contribution in [0.2, 0.25) is 0 Å². The molecular formula is C19H23N3O2. The van der Waals surface area contributed by atoms with Crippen LogP contribution in [-0.4, -0.2) is 18.4 Å². The molecule has 2 rings (SSSR count). The van der Waals surface area contributed by atoms with Gasteiger partial charge in [0.05, 0.1) is 11.4 Å². The number of hydrogen-bond donors (Lipinski definition) is 3. The topological polar surface area (TPSA) is 84.2 Å². The summed E-state index contributed by atoms with van der Waals surface area (Å²) >= 11 is 0. The van der Waals surface area contributed by atoms with Crippen molar-refractivity contribution in [1.82, 2.24) is 0 Å². The van der Waals surface area contributed by atoms with E-state index in [0.717, 1.165) is 5.56 Å². The zero-order valence-corrected chi connectivity index (χ0v) is 13.8. The number of rotatable bonds is 7. The average molecular weight is 325 g/mol. The molecule has 24 heavy (non-hydrogen) atoms. The van der Waals surface area contributed by atoms with Gasteiger partial charge < -0.3 is 16.4 Å². The molecule has 0 aromatic heterocycles. The molecule has 5 nitrogen and oxygen atoms in total. The first-order chi connectivity index (χ1) is 11.6. The lowest BCUT2D eigenvalue weighted by molar-refractivity contribution is -0.117.